The van der Waals surface area contributed by atoms with Crippen molar-refractivity contribution in [3.05, 3.63) is 33.8 Å². The van der Waals surface area contributed by atoms with Crippen molar-refractivity contribution in [3.63, 3.8) is 0 Å². The molecule has 0 spiro atoms. The molecule has 0 nitrogen and oxygen atoms in total. The lowest BCUT2D eigenvalue weighted by molar-refractivity contribution is 0.541. The molecule has 1 rings (SSSR count). The van der Waals surface area contributed by atoms with E-state index in [-0.39, 0.29) is 0 Å². The van der Waals surface area contributed by atoms with Gasteiger partial charge in [-0.1, -0.05) is 56.3 Å². The van der Waals surface area contributed by atoms with E-state index in [2.05, 4.69) is 26.0 Å². The summed E-state index contributed by atoms with van der Waals surface area (Å²) in [6.45, 7) is 4.46. The Morgan fingerprint density at radius 2 is 1.56 bits per heavy atom. The highest BCUT2D eigenvalue weighted by Gasteiger charge is 2.11. The number of rotatable bonds is 6. The summed E-state index contributed by atoms with van der Waals surface area (Å²) >= 11 is 12.1. The summed E-state index contributed by atoms with van der Waals surface area (Å²) in [5, 5.41) is 1.50. The molecule has 1 aromatic rings. The second-order valence-electron chi connectivity index (χ2n) is 4.33. The molecule has 0 heterocycles. The fraction of sp³-hybridized carbons (Fsp3) is 0.571. The van der Waals surface area contributed by atoms with Gasteiger partial charge in [-0.3, -0.25) is 0 Å². The molecule has 2 heteroatoms. The number of benzene rings is 1. The number of halogens is 2. The quantitative estimate of drug-likeness (QED) is 0.581. The van der Waals surface area contributed by atoms with Crippen molar-refractivity contribution < 1.29 is 0 Å². The average molecular weight is 259 g/mol. The lowest BCUT2D eigenvalue weighted by Gasteiger charge is -2.17. The Balaban J connectivity index is 2.82. The van der Waals surface area contributed by atoms with Crippen LogP contribution in [0.25, 0.3) is 0 Å². The Hall–Kier alpha value is -0.200. The van der Waals surface area contributed by atoms with Crippen molar-refractivity contribution in [3.8, 4) is 0 Å². The van der Waals surface area contributed by atoms with Crippen LogP contribution in [0.1, 0.15) is 57.4 Å². The molecule has 0 aromatic heterocycles. The third-order valence-electron chi connectivity index (χ3n) is 2.90. The SMILES string of the molecule is CCCCC(CCC)c1cc(Cl)cc(Cl)c1. The Morgan fingerprint density at radius 3 is 2.06 bits per heavy atom. The van der Waals surface area contributed by atoms with Crippen molar-refractivity contribution in [1.82, 2.24) is 0 Å². The molecule has 0 bridgehead atoms. The molecule has 1 aromatic carbocycles. The van der Waals surface area contributed by atoms with Gasteiger partial charge in [-0.2, -0.15) is 0 Å². The zero-order valence-corrected chi connectivity index (χ0v) is 11.6. The second-order valence-corrected chi connectivity index (χ2v) is 5.20. The summed E-state index contributed by atoms with van der Waals surface area (Å²) in [6, 6.07) is 5.92. The van der Waals surface area contributed by atoms with Gasteiger partial charge in [-0.05, 0) is 42.5 Å². The molecule has 0 N–H and O–H groups in total. The highest BCUT2D eigenvalue weighted by Crippen LogP contribution is 2.31. The largest absolute Gasteiger partial charge is 0.0843 e. The van der Waals surface area contributed by atoms with Crippen LogP contribution >= 0.6 is 23.2 Å². The summed E-state index contributed by atoms with van der Waals surface area (Å²) in [5.41, 5.74) is 1.30. The van der Waals surface area contributed by atoms with E-state index in [0.29, 0.717) is 5.92 Å². The summed E-state index contributed by atoms with van der Waals surface area (Å²) in [7, 11) is 0. The molecule has 90 valence electrons. The maximum absolute atomic E-state index is 6.04. The smallest absolute Gasteiger partial charge is 0.0423 e. The van der Waals surface area contributed by atoms with Gasteiger partial charge in [0.05, 0.1) is 0 Å². The molecule has 0 aliphatic rings. The molecule has 0 amide bonds. The van der Waals surface area contributed by atoms with Crippen LogP contribution in [-0.2, 0) is 0 Å². The molecule has 1 unspecified atom stereocenters. The predicted molar refractivity (Wildman–Crippen MR) is 73.6 cm³/mol. The minimum absolute atomic E-state index is 0.612. The molecule has 0 saturated heterocycles. The zero-order chi connectivity index (χ0) is 12.0. The highest BCUT2D eigenvalue weighted by molar-refractivity contribution is 6.34. The van der Waals surface area contributed by atoms with Crippen LogP contribution in [-0.4, -0.2) is 0 Å². The third-order valence-corrected chi connectivity index (χ3v) is 3.34. The first-order valence-corrected chi connectivity index (χ1v) is 6.89. The topological polar surface area (TPSA) is 0 Å². The van der Waals surface area contributed by atoms with E-state index in [0.717, 1.165) is 10.0 Å². The van der Waals surface area contributed by atoms with Crippen molar-refractivity contribution in [2.45, 2.75) is 51.9 Å². The first-order chi connectivity index (χ1) is 7.67. The van der Waals surface area contributed by atoms with Crippen molar-refractivity contribution in [1.29, 1.82) is 0 Å². The highest BCUT2D eigenvalue weighted by atomic mass is 35.5. The van der Waals surface area contributed by atoms with Gasteiger partial charge in [-0.25, -0.2) is 0 Å². The number of hydrogen-bond donors (Lipinski definition) is 0. The summed E-state index contributed by atoms with van der Waals surface area (Å²) in [5.74, 6) is 0.612. The van der Waals surface area contributed by atoms with Gasteiger partial charge in [0.25, 0.3) is 0 Å². The average Bonchev–Trinajstić information content (AvgIpc) is 2.22. The fourth-order valence-corrected chi connectivity index (χ4v) is 2.63. The summed E-state index contributed by atoms with van der Waals surface area (Å²) < 4.78 is 0. The maximum atomic E-state index is 6.04. The molecule has 0 aliphatic heterocycles. The van der Waals surface area contributed by atoms with E-state index in [4.69, 9.17) is 23.2 Å². The molecule has 0 radical (unpaired) electrons. The van der Waals surface area contributed by atoms with Crippen LogP contribution < -0.4 is 0 Å². The van der Waals surface area contributed by atoms with Crippen LogP contribution in [0.4, 0.5) is 0 Å². The molecule has 0 saturated carbocycles. The monoisotopic (exact) mass is 258 g/mol. The molecule has 1 atom stereocenters. The lowest BCUT2D eigenvalue weighted by atomic mass is 9.90. The Kier molecular flexibility index (Phi) is 6.23. The van der Waals surface area contributed by atoms with Crippen LogP contribution in [0, 0.1) is 0 Å². The Labute approximate surface area is 109 Å². The maximum Gasteiger partial charge on any atom is 0.0423 e. The number of hydrogen-bond acceptors (Lipinski definition) is 0. The first kappa shape index (κ1) is 13.9. The fourth-order valence-electron chi connectivity index (χ4n) is 2.09. The summed E-state index contributed by atoms with van der Waals surface area (Å²) in [6.07, 6.45) is 6.18. The van der Waals surface area contributed by atoms with Gasteiger partial charge in [0.2, 0.25) is 0 Å². The molecule has 0 fully saturated rings. The lowest BCUT2D eigenvalue weighted by Crippen LogP contribution is -1.99. The third kappa shape index (κ3) is 4.35. The van der Waals surface area contributed by atoms with Crippen molar-refractivity contribution in [2.24, 2.45) is 0 Å². The normalized spacial score (nSPS) is 12.8. The van der Waals surface area contributed by atoms with E-state index in [9.17, 15) is 0 Å². The van der Waals surface area contributed by atoms with Crippen LogP contribution in [0.5, 0.6) is 0 Å². The van der Waals surface area contributed by atoms with E-state index in [1.54, 1.807) is 6.07 Å². The zero-order valence-electron chi connectivity index (χ0n) is 10.1. The van der Waals surface area contributed by atoms with E-state index in [1.807, 2.05) is 0 Å². The van der Waals surface area contributed by atoms with Gasteiger partial charge >= 0.3 is 0 Å². The van der Waals surface area contributed by atoms with Gasteiger partial charge in [0.15, 0.2) is 0 Å². The van der Waals surface area contributed by atoms with Gasteiger partial charge in [0, 0.05) is 10.0 Å². The number of unbranched alkanes of at least 4 members (excludes halogenated alkanes) is 1. The van der Waals surface area contributed by atoms with Gasteiger partial charge < -0.3 is 0 Å². The van der Waals surface area contributed by atoms with Gasteiger partial charge in [0.1, 0.15) is 0 Å². The minimum atomic E-state index is 0.612. The molecular formula is C14H20Cl2. The van der Waals surface area contributed by atoms with E-state index < -0.39 is 0 Å². The Bertz CT molecular complexity index is 300. The van der Waals surface area contributed by atoms with Crippen LogP contribution in [0.15, 0.2) is 18.2 Å². The van der Waals surface area contributed by atoms with Crippen molar-refractivity contribution in [2.75, 3.05) is 0 Å². The second kappa shape index (κ2) is 7.19. The Morgan fingerprint density at radius 1 is 0.938 bits per heavy atom. The molecule has 0 aliphatic carbocycles. The molecule has 16 heavy (non-hydrogen) atoms. The predicted octanol–water partition coefficient (Wildman–Crippen LogP) is 6.07. The minimum Gasteiger partial charge on any atom is -0.0843 e. The standard InChI is InChI=1S/C14H20Cl2/c1-3-5-7-11(6-4-2)12-8-13(15)10-14(16)9-12/h8-11H,3-7H2,1-2H3. The van der Waals surface area contributed by atoms with Gasteiger partial charge in [-0.15, -0.1) is 0 Å². The first-order valence-electron chi connectivity index (χ1n) is 6.13. The van der Waals surface area contributed by atoms with E-state index >= 15 is 0 Å². The van der Waals surface area contributed by atoms with Crippen LogP contribution in [0.3, 0.4) is 0 Å². The van der Waals surface area contributed by atoms with E-state index in [1.165, 1.54) is 37.7 Å². The van der Waals surface area contributed by atoms with Crippen LogP contribution in [0.2, 0.25) is 10.0 Å². The van der Waals surface area contributed by atoms with Crippen molar-refractivity contribution >= 4 is 23.2 Å². The summed E-state index contributed by atoms with van der Waals surface area (Å²) in [4.78, 5) is 0. The molecular weight excluding hydrogens is 239 g/mol.